The van der Waals surface area contributed by atoms with Crippen molar-refractivity contribution in [3.05, 3.63) is 66.2 Å². The molecule has 94 valence electrons. The Kier molecular flexibility index (Phi) is 3.10. The third-order valence-electron chi connectivity index (χ3n) is 3.16. The fourth-order valence-corrected chi connectivity index (χ4v) is 3.31. The van der Waals surface area contributed by atoms with E-state index in [2.05, 4.69) is 19.1 Å². The first-order valence-corrected chi connectivity index (χ1v) is 7.01. The van der Waals surface area contributed by atoms with Crippen molar-refractivity contribution in [3.63, 3.8) is 0 Å². The Morgan fingerprint density at radius 2 is 1.58 bits per heavy atom. The van der Waals surface area contributed by atoms with Gasteiger partial charge in [-0.05, 0) is 29.7 Å². The second-order valence-corrected chi connectivity index (χ2v) is 5.56. The van der Waals surface area contributed by atoms with Gasteiger partial charge in [-0.1, -0.05) is 54.6 Å². The Labute approximate surface area is 116 Å². The van der Waals surface area contributed by atoms with E-state index in [0.717, 1.165) is 15.3 Å². The molecule has 19 heavy (non-hydrogen) atoms. The van der Waals surface area contributed by atoms with E-state index in [1.165, 1.54) is 11.1 Å². The molecule has 0 amide bonds. The highest BCUT2D eigenvalue weighted by molar-refractivity contribution is 7.19. The summed E-state index contributed by atoms with van der Waals surface area (Å²) >= 11 is 1.63. The van der Waals surface area contributed by atoms with Crippen LogP contribution < -0.4 is 0 Å². The van der Waals surface area contributed by atoms with Crippen molar-refractivity contribution in [1.29, 1.82) is 0 Å². The fourth-order valence-electron chi connectivity index (χ4n) is 2.16. The first-order chi connectivity index (χ1) is 9.25. The number of benzene rings is 2. The molecule has 1 nitrogen and oxygen atoms in total. The molecule has 0 radical (unpaired) electrons. The first kappa shape index (κ1) is 12.0. The predicted octanol–water partition coefficient (Wildman–Crippen LogP) is 5.10. The van der Waals surface area contributed by atoms with Crippen LogP contribution in [0.1, 0.15) is 5.56 Å². The van der Waals surface area contributed by atoms with Gasteiger partial charge < -0.3 is 5.11 Å². The summed E-state index contributed by atoms with van der Waals surface area (Å²) in [5, 5.41) is 10.1. The molecule has 3 aromatic rings. The average molecular weight is 266 g/mol. The molecule has 0 unspecified atom stereocenters. The van der Waals surface area contributed by atoms with Crippen molar-refractivity contribution >= 4 is 11.3 Å². The van der Waals surface area contributed by atoms with E-state index in [-0.39, 0.29) is 0 Å². The van der Waals surface area contributed by atoms with Crippen molar-refractivity contribution in [1.82, 2.24) is 0 Å². The third kappa shape index (κ3) is 2.27. The topological polar surface area (TPSA) is 20.2 Å². The van der Waals surface area contributed by atoms with Crippen molar-refractivity contribution in [2.45, 2.75) is 6.92 Å². The van der Waals surface area contributed by atoms with Crippen LogP contribution in [0.3, 0.4) is 0 Å². The van der Waals surface area contributed by atoms with Gasteiger partial charge in [0.15, 0.2) is 0 Å². The number of aryl methyl sites for hydroxylation is 1. The Bertz CT molecular complexity index is 698. The van der Waals surface area contributed by atoms with Crippen molar-refractivity contribution in [3.8, 4) is 26.6 Å². The van der Waals surface area contributed by atoms with Gasteiger partial charge in [0.05, 0.1) is 4.88 Å². The Morgan fingerprint density at radius 1 is 0.895 bits per heavy atom. The summed E-state index contributed by atoms with van der Waals surface area (Å²) in [6.07, 6.45) is 0. The number of thiophene rings is 1. The molecular weight excluding hydrogens is 252 g/mol. The van der Waals surface area contributed by atoms with E-state index in [4.69, 9.17) is 0 Å². The van der Waals surface area contributed by atoms with Crippen molar-refractivity contribution in [2.75, 3.05) is 0 Å². The summed E-state index contributed by atoms with van der Waals surface area (Å²) < 4.78 is 0. The van der Waals surface area contributed by atoms with Crippen LogP contribution in [-0.2, 0) is 0 Å². The van der Waals surface area contributed by atoms with E-state index < -0.39 is 0 Å². The van der Waals surface area contributed by atoms with Crippen molar-refractivity contribution < 1.29 is 5.11 Å². The fraction of sp³-hybridized carbons (Fsp3) is 0.0588. The zero-order chi connectivity index (χ0) is 13.2. The zero-order valence-electron chi connectivity index (χ0n) is 10.6. The lowest BCUT2D eigenvalue weighted by molar-refractivity contribution is 0.480. The number of hydrogen-bond acceptors (Lipinski definition) is 2. The standard InChI is InChI=1S/C17H14OS/c1-12-7-5-6-10-14(12)16-11-15(18)17(19-16)13-8-3-2-4-9-13/h2-11,18H,1H3. The van der Waals surface area contributed by atoms with Gasteiger partial charge in [-0.25, -0.2) is 0 Å². The van der Waals surface area contributed by atoms with Gasteiger partial charge in [-0.15, -0.1) is 11.3 Å². The quantitative estimate of drug-likeness (QED) is 0.684. The molecular formula is C17H14OS. The Morgan fingerprint density at radius 3 is 2.32 bits per heavy atom. The van der Waals surface area contributed by atoms with Gasteiger partial charge in [0.2, 0.25) is 0 Å². The number of hydrogen-bond donors (Lipinski definition) is 1. The van der Waals surface area contributed by atoms with E-state index in [9.17, 15) is 5.11 Å². The lowest BCUT2D eigenvalue weighted by atomic mass is 10.1. The molecule has 0 aliphatic carbocycles. The van der Waals surface area contributed by atoms with Crippen LogP contribution >= 0.6 is 11.3 Å². The van der Waals surface area contributed by atoms with Crippen molar-refractivity contribution in [2.24, 2.45) is 0 Å². The normalized spacial score (nSPS) is 10.6. The van der Waals surface area contributed by atoms with E-state index in [1.54, 1.807) is 11.3 Å². The minimum atomic E-state index is 0.356. The molecule has 1 heterocycles. The summed E-state index contributed by atoms with van der Waals surface area (Å²) in [7, 11) is 0. The number of rotatable bonds is 2. The molecule has 2 aromatic carbocycles. The van der Waals surface area contributed by atoms with Gasteiger partial charge in [-0.3, -0.25) is 0 Å². The lowest BCUT2D eigenvalue weighted by Crippen LogP contribution is -1.77. The molecule has 0 saturated carbocycles. The van der Waals surface area contributed by atoms with Crippen LogP contribution in [0.15, 0.2) is 60.7 Å². The predicted molar refractivity (Wildman–Crippen MR) is 81.6 cm³/mol. The van der Waals surface area contributed by atoms with Crippen LogP contribution in [0.5, 0.6) is 5.75 Å². The average Bonchev–Trinajstić information content (AvgIpc) is 2.82. The Hall–Kier alpha value is -2.06. The lowest BCUT2D eigenvalue weighted by Gasteiger charge is -2.01. The molecule has 0 fully saturated rings. The third-order valence-corrected chi connectivity index (χ3v) is 4.37. The smallest absolute Gasteiger partial charge is 0.134 e. The maximum absolute atomic E-state index is 10.1. The maximum atomic E-state index is 10.1. The second kappa shape index (κ2) is 4.90. The first-order valence-electron chi connectivity index (χ1n) is 6.20. The molecule has 0 bridgehead atoms. The summed E-state index contributed by atoms with van der Waals surface area (Å²) in [6, 6.07) is 20.1. The highest BCUT2D eigenvalue weighted by Crippen LogP contribution is 2.42. The molecule has 2 heteroatoms. The molecule has 1 aromatic heterocycles. The molecule has 0 saturated heterocycles. The highest BCUT2D eigenvalue weighted by Gasteiger charge is 2.12. The van der Waals surface area contributed by atoms with Crippen LogP contribution in [0.2, 0.25) is 0 Å². The molecule has 1 N–H and O–H groups in total. The van der Waals surface area contributed by atoms with Crippen LogP contribution in [0.25, 0.3) is 20.9 Å². The van der Waals surface area contributed by atoms with Gasteiger partial charge in [0.1, 0.15) is 5.75 Å². The SMILES string of the molecule is Cc1ccccc1-c1cc(O)c(-c2ccccc2)s1. The largest absolute Gasteiger partial charge is 0.506 e. The molecule has 0 spiro atoms. The number of aromatic hydroxyl groups is 1. The van der Waals surface area contributed by atoms with Gasteiger partial charge in [0, 0.05) is 4.88 Å². The van der Waals surface area contributed by atoms with E-state index >= 15 is 0 Å². The summed E-state index contributed by atoms with van der Waals surface area (Å²) in [5.74, 6) is 0.356. The van der Waals surface area contributed by atoms with Crippen LogP contribution in [0, 0.1) is 6.92 Å². The summed E-state index contributed by atoms with van der Waals surface area (Å²) in [6.45, 7) is 2.09. The second-order valence-electron chi connectivity index (χ2n) is 4.51. The maximum Gasteiger partial charge on any atom is 0.134 e. The Balaban J connectivity index is 2.10. The van der Waals surface area contributed by atoms with Gasteiger partial charge in [-0.2, -0.15) is 0 Å². The zero-order valence-corrected chi connectivity index (χ0v) is 11.4. The highest BCUT2D eigenvalue weighted by atomic mass is 32.1. The van der Waals surface area contributed by atoms with E-state index in [0.29, 0.717) is 5.75 Å². The van der Waals surface area contributed by atoms with Crippen LogP contribution in [0.4, 0.5) is 0 Å². The summed E-state index contributed by atoms with van der Waals surface area (Å²) in [4.78, 5) is 2.04. The minimum absolute atomic E-state index is 0.356. The minimum Gasteiger partial charge on any atom is -0.506 e. The van der Waals surface area contributed by atoms with Gasteiger partial charge >= 0.3 is 0 Å². The summed E-state index contributed by atoms with van der Waals surface area (Å²) in [5.41, 5.74) is 3.47. The van der Waals surface area contributed by atoms with Crippen LogP contribution in [-0.4, -0.2) is 5.11 Å². The monoisotopic (exact) mass is 266 g/mol. The molecule has 0 aliphatic heterocycles. The van der Waals surface area contributed by atoms with E-state index in [1.807, 2.05) is 48.5 Å². The molecule has 0 atom stereocenters. The van der Waals surface area contributed by atoms with Gasteiger partial charge in [0.25, 0.3) is 0 Å². The molecule has 3 rings (SSSR count). The molecule has 0 aliphatic rings.